The van der Waals surface area contributed by atoms with Crippen molar-refractivity contribution in [1.29, 1.82) is 0 Å². The number of hydrogen-bond acceptors (Lipinski definition) is 1. The molecular formula is C56H42IrN-. The summed E-state index contributed by atoms with van der Waals surface area (Å²) in [4.78, 5) is 4.77. The van der Waals surface area contributed by atoms with Gasteiger partial charge in [-0.05, 0) is 96.2 Å². The quantitative estimate of drug-likeness (QED) is 0.131. The van der Waals surface area contributed by atoms with Gasteiger partial charge in [0.25, 0.3) is 0 Å². The van der Waals surface area contributed by atoms with E-state index in [4.69, 9.17) is 4.98 Å². The third-order valence-corrected chi connectivity index (χ3v) is 11.2. The minimum Gasteiger partial charge on any atom is -0.304 e. The number of benzene rings is 8. The van der Waals surface area contributed by atoms with Crippen LogP contribution in [-0.2, 0) is 25.5 Å². The van der Waals surface area contributed by atoms with Crippen LogP contribution in [0.15, 0.2) is 219 Å². The van der Waals surface area contributed by atoms with Gasteiger partial charge in [-0.25, -0.2) is 0 Å². The van der Waals surface area contributed by atoms with Gasteiger partial charge in [0.15, 0.2) is 0 Å². The van der Waals surface area contributed by atoms with Crippen molar-refractivity contribution in [2.45, 2.75) is 19.3 Å². The number of rotatable bonds is 9. The predicted molar refractivity (Wildman–Crippen MR) is 240 cm³/mol. The Morgan fingerprint density at radius 2 is 0.724 bits per heavy atom. The average molecular weight is 921 g/mol. The van der Waals surface area contributed by atoms with E-state index in [2.05, 4.69) is 220 Å². The van der Waals surface area contributed by atoms with Crippen LogP contribution in [0.3, 0.4) is 0 Å². The molecule has 0 aliphatic rings. The molecule has 9 rings (SSSR count). The Balaban J connectivity index is 0.00000469. The first-order chi connectivity index (χ1) is 28.0. The van der Waals surface area contributed by atoms with E-state index in [1.165, 1.54) is 55.6 Å². The van der Waals surface area contributed by atoms with Crippen molar-refractivity contribution in [1.82, 2.24) is 4.98 Å². The second-order valence-electron chi connectivity index (χ2n) is 15.2. The van der Waals surface area contributed by atoms with E-state index in [-0.39, 0.29) is 25.5 Å². The number of pyridine rings is 1. The third-order valence-electron chi connectivity index (χ3n) is 11.2. The Hall–Kier alpha value is -6.44. The van der Waals surface area contributed by atoms with Crippen LogP contribution in [0.1, 0.15) is 25.0 Å². The fraction of sp³-hybridized carbons (Fsp3) is 0.0536. The van der Waals surface area contributed by atoms with Gasteiger partial charge in [0.05, 0.1) is 0 Å². The second-order valence-corrected chi connectivity index (χ2v) is 15.2. The van der Waals surface area contributed by atoms with Crippen molar-refractivity contribution in [3.63, 3.8) is 0 Å². The third kappa shape index (κ3) is 8.18. The molecule has 0 N–H and O–H groups in total. The molecule has 0 amide bonds. The monoisotopic (exact) mass is 921 g/mol. The molecule has 58 heavy (non-hydrogen) atoms. The molecule has 0 unspecified atom stereocenters. The molecule has 8 aromatic carbocycles. The summed E-state index contributed by atoms with van der Waals surface area (Å²) in [6, 6.07) is 79.5. The Labute approximate surface area is 356 Å². The van der Waals surface area contributed by atoms with E-state index in [1.807, 2.05) is 18.3 Å². The van der Waals surface area contributed by atoms with Crippen LogP contribution in [0.2, 0.25) is 0 Å². The molecule has 1 heterocycles. The van der Waals surface area contributed by atoms with Crippen molar-refractivity contribution in [3.05, 3.63) is 236 Å². The molecule has 9 aromatic rings. The normalized spacial score (nSPS) is 11.1. The maximum absolute atomic E-state index is 4.77. The van der Waals surface area contributed by atoms with Gasteiger partial charge >= 0.3 is 0 Å². The van der Waals surface area contributed by atoms with Gasteiger partial charge in [-0.2, -0.15) is 0 Å². The topological polar surface area (TPSA) is 12.9 Å². The summed E-state index contributed by atoms with van der Waals surface area (Å²) < 4.78 is 0. The van der Waals surface area contributed by atoms with Crippen molar-refractivity contribution < 1.29 is 20.1 Å². The molecule has 0 saturated carbocycles. The summed E-state index contributed by atoms with van der Waals surface area (Å²) in [6.07, 6.45) is 1.94. The van der Waals surface area contributed by atoms with Crippen molar-refractivity contribution >= 4 is 0 Å². The SMILES string of the molecule is CC(C)(c1ccccc1)c1ccc(-c2cccc(-c3cccc(-c4cccc(-c5ccc(-c6cc[c-]c(-c7ccc(-c8ccccc8)cn7)c6)cc5)c4)c3)c2)cc1.[Ir]. The Kier molecular flexibility index (Phi) is 11.2. The predicted octanol–water partition coefficient (Wildman–Crippen LogP) is 14.9. The number of nitrogens with zero attached hydrogens (tertiary/aromatic N) is 1. The summed E-state index contributed by atoms with van der Waals surface area (Å²) in [6.45, 7) is 4.59. The first kappa shape index (κ1) is 38.4. The molecule has 1 radical (unpaired) electrons. The summed E-state index contributed by atoms with van der Waals surface area (Å²) in [5.74, 6) is 0. The molecule has 0 spiro atoms. The van der Waals surface area contributed by atoms with Crippen LogP contribution in [-0.4, -0.2) is 4.98 Å². The van der Waals surface area contributed by atoms with E-state index in [0.717, 1.165) is 33.5 Å². The summed E-state index contributed by atoms with van der Waals surface area (Å²) in [5.41, 5.74) is 18.6. The van der Waals surface area contributed by atoms with E-state index in [0.29, 0.717) is 0 Å². The van der Waals surface area contributed by atoms with Crippen LogP contribution in [0.25, 0.3) is 78.0 Å². The largest absolute Gasteiger partial charge is 0.304 e. The molecule has 1 nitrogen and oxygen atoms in total. The minimum atomic E-state index is -0.0652. The fourth-order valence-electron chi connectivity index (χ4n) is 7.74. The first-order valence-electron chi connectivity index (χ1n) is 19.6. The Morgan fingerprint density at radius 3 is 1.21 bits per heavy atom. The summed E-state index contributed by atoms with van der Waals surface area (Å²) in [7, 11) is 0. The molecule has 2 heteroatoms. The standard InChI is InChI=1S/C56H42N.Ir/c1-56(2,53-23-7-4-8-24-53)54-32-29-43(30-33-54)45-16-10-19-48(36-45)50-21-11-20-49(37-50)47-18-9-15-44(35-47)41-25-27-42(28-26-41)46-17-12-22-51(38-46)55-34-31-52(39-57-55)40-13-5-3-6-14-40;/h3-21,23-39H,1-2H3;/q-1;. The van der Waals surface area contributed by atoms with Crippen molar-refractivity contribution in [3.8, 4) is 78.0 Å². The molecule has 0 saturated heterocycles. The zero-order chi connectivity index (χ0) is 38.6. The summed E-state index contributed by atoms with van der Waals surface area (Å²) >= 11 is 0. The molecule has 0 atom stereocenters. The van der Waals surface area contributed by atoms with Crippen LogP contribution in [0.4, 0.5) is 0 Å². The first-order valence-corrected chi connectivity index (χ1v) is 19.6. The number of hydrogen-bond donors (Lipinski definition) is 0. The average Bonchev–Trinajstić information content (AvgIpc) is 3.30. The second kappa shape index (κ2) is 17.0. The van der Waals surface area contributed by atoms with Gasteiger partial charge in [-0.3, -0.25) is 0 Å². The van der Waals surface area contributed by atoms with Crippen LogP contribution < -0.4 is 0 Å². The smallest absolute Gasteiger partial charge is 0.0239 e. The maximum Gasteiger partial charge on any atom is 0.0239 e. The van der Waals surface area contributed by atoms with Crippen molar-refractivity contribution in [2.24, 2.45) is 0 Å². The Morgan fingerprint density at radius 1 is 0.345 bits per heavy atom. The molecular weight excluding hydrogens is 879 g/mol. The Bertz CT molecular complexity index is 2770. The summed E-state index contributed by atoms with van der Waals surface area (Å²) in [5, 5.41) is 0. The zero-order valence-corrected chi connectivity index (χ0v) is 35.0. The molecule has 1 aromatic heterocycles. The molecule has 0 aliphatic carbocycles. The van der Waals surface area contributed by atoms with E-state index < -0.39 is 0 Å². The van der Waals surface area contributed by atoms with Gasteiger partial charge in [0, 0.05) is 31.7 Å². The van der Waals surface area contributed by atoms with E-state index >= 15 is 0 Å². The molecule has 281 valence electrons. The number of aromatic nitrogens is 1. The minimum absolute atomic E-state index is 0. The van der Waals surface area contributed by atoms with Gasteiger partial charge in [-0.15, -0.1) is 35.4 Å². The zero-order valence-electron chi connectivity index (χ0n) is 32.6. The van der Waals surface area contributed by atoms with Gasteiger partial charge in [0.2, 0.25) is 0 Å². The van der Waals surface area contributed by atoms with Crippen LogP contribution >= 0.6 is 0 Å². The van der Waals surface area contributed by atoms with E-state index in [1.54, 1.807) is 0 Å². The molecule has 0 aliphatic heterocycles. The fourth-order valence-corrected chi connectivity index (χ4v) is 7.74. The molecule has 0 fully saturated rings. The van der Waals surface area contributed by atoms with E-state index in [9.17, 15) is 0 Å². The molecule has 0 bridgehead atoms. The van der Waals surface area contributed by atoms with Gasteiger partial charge < -0.3 is 4.98 Å². The van der Waals surface area contributed by atoms with Gasteiger partial charge in [-0.1, -0.05) is 190 Å². The van der Waals surface area contributed by atoms with Crippen LogP contribution in [0.5, 0.6) is 0 Å². The van der Waals surface area contributed by atoms with Gasteiger partial charge in [0.1, 0.15) is 0 Å². The van der Waals surface area contributed by atoms with Crippen LogP contribution in [0, 0.1) is 6.07 Å². The van der Waals surface area contributed by atoms with Crippen molar-refractivity contribution in [2.75, 3.05) is 0 Å². The maximum atomic E-state index is 4.77.